The normalized spacial score (nSPS) is 10.5. The van der Waals surface area contributed by atoms with Gasteiger partial charge in [-0.15, -0.1) is 11.3 Å². The molecule has 0 saturated carbocycles. The Hall–Kier alpha value is -0.940. The number of hydrogen-bond donors (Lipinski definition) is 1. The number of halogens is 1. The average molecular weight is 312 g/mol. The Morgan fingerprint density at radius 2 is 2.24 bits per heavy atom. The van der Waals surface area contributed by atoms with Crippen LogP contribution in [0.3, 0.4) is 0 Å². The summed E-state index contributed by atoms with van der Waals surface area (Å²) in [4.78, 5) is 10.2. The fourth-order valence-corrected chi connectivity index (χ4v) is 3.09. The number of anilines is 1. The molecule has 0 saturated heterocycles. The maximum absolute atomic E-state index is 4.60. The summed E-state index contributed by atoms with van der Waals surface area (Å²) in [7, 11) is 1.88. The van der Waals surface area contributed by atoms with E-state index in [2.05, 4.69) is 43.5 Å². The zero-order valence-corrected chi connectivity index (χ0v) is 12.2. The van der Waals surface area contributed by atoms with Crippen LogP contribution in [0.15, 0.2) is 22.0 Å². The van der Waals surface area contributed by atoms with E-state index in [1.165, 1.54) is 0 Å². The van der Waals surface area contributed by atoms with Gasteiger partial charge in [0.05, 0.1) is 10.6 Å². The van der Waals surface area contributed by atoms with E-state index in [0.717, 1.165) is 39.5 Å². The van der Waals surface area contributed by atoms with E-state index in [0.29, 0.717) is 0 Å². The average Bonchev–Trinajstić information content (AvgIpc) is 2.75. The van der Waals surface area contributed by atoms with Gasteiger partial charge in [0, 0.05) is 24.0 Å². The molecule has 0 aromatic carbocycles. The van der Waals surface area contributed by atoms with Crippen molar-refractivity contribution < 1.29 is 0 Å². The number of aryl methyl sites for hydroxylation is 1. The minimum Gasteiger partial charge on any atom is -0.373 e. The lowest BCUT2D eigenvalue weighted by molar-refractivity contribution is 0.838. The van der Waals surface area contributed by atoms with Crippen molar-refractivity contribution in [1.29, 1.82) is 0 Å². The molecule has 5 heteroatoms. The molecule has 2 aromatic rings. The summed E-state index contributed by atoms with van der Waals surface area (Å²) in [6, 6.07) is 4.02. The number of nitrogens with zero attached hydrogens (tertiary/aromatic N) is 2. The number of nitrogens with one attached hydrogen (secondary N) is 1. The lowest BCUT2D eigenvalue weighted by atomic mass is 10.3. The second-order valence-electron chi connectivity index (χ2n) is 3.65. The topological polar surface area (TPSA) is 37.8 Å². The quantitative estimate of drug-likeness (QED) is 0.928. The van der Waals surface area contributed by atoms with Crippen LogP contribution in [0.4, 0.5) is 5.82 Å². The Kier molecular flexibility index (Phi) is 4.12. The molecular weight excluding hydrogens is 298 g/mol. The maximum atomic E-state index is 4.60. The molecule has 0 radical (unpaired) electrons. The first-order valence-corrected chi connectivity index (χ1v) is 7.21. The van der Waals surface area contributed by atoms with Crippen LogP contribution in [-0.2, 0) is 6.42 Å². The molecule has 2 aromatic heterocycles. The van der Waals surface area contributed by atoms with Gasteiger partial charge in [-0.2, -0.15) is 0 Å². The van der Waals surface area contributed by atoms with Gasteiger partial charge in [0.25, 0.3) is 0 Å². The van der Waals surface area contributed by atoms with E-state index in [-0.39, 0.29) is 0 Å². The van der Waals surface area contributed by atoms with Gasteiger partial charge in [0.1, 0.15) is 11.6 Å². The molecular formula is C12H14BrN3S. The Labute approximate surface area is 113 Å². The summed E-state index contributed by atoms with van der Waals surface area (Å²) in [5.74, 6) is 1.77. The third kappa shape index (κ3) is 2.84. The fourth-order valence-electron chi connectivity index (χ4n) is 1.55. The maximum Gasteiger partial charge on any atom is 0.131 e. The van der Waals surface area contributed by atoms with Crippen molar-refractivity contribution in [2.45, 2.75) is 19.8 Å². The van der Waals surface area contributed by atoms with Crippen molar-refractivity contribution in [3.05, 3.63) is 27.8 Å². The van der Waals surface area contributed by atoms with Crippen molar-refractivity contribution in [2.75, 3.05) is 12.4 Å². The third-order valence-electron chi connectivity index (χ3n) is 2.35. The summed E-state index contributed by atoms with van der Waals surface area (Å²) >= 11 is 5.23. The minimum atomic E-state index is 0.874. The minimum absolute atomic E-state index is 0.874. The second kappa shape index (κ2) is 5.60. The Morgan fingerprint density at radius 3 is 2.82 bits per heavy atom. The van der Waals surface area contributed by atoms with E-state index in [4.69, 9.17) is 0 Å². The van der Waals surface area contributed by atoms with E-state index >= 15 is 0 Å². The summed E-state index contributed by atoms with van der Waals surface area (Å²) in [6.07, 6.45) is 1.96. The highest BCUT2D eigenvalue weighted by Gasteiger charge is 2.09. The smallest absolute Gasteiger partial charge is 0.131 e. The van der Waals surface area contributed by atoms with Crippen molar-refractivity contribution in [1.82, 2.24) is 9.97 Å². The zero-order valence-electron chi connectivity index (χ0n) is 9.83. The molecule has 0 amide bonds. The Balaban J connectivity index is 2.46. The van der Waals surface area contributed by atoms with Crippen molar-refractivity contribution in [3.63, 3.8) is 0 Å². The van der Waals surface area contributed by atoms with Gasteiger partial charge in [-0.3, -0.25) is 0 Å². The first-order valence-electron chi connectivity index (χ1n) is 5.53. The Bertz CT molecular complexity index is 510. The molecule has 3 nitrogen and oxygen atoms in total. The van der Waals surface area contributed by atoms with Gasteiger partial charge in [0.15, 0.2) is 0 Å². The molecule has 2 rings (SSSR count). The van der Waals surface area contributed by atoms with Crippen LogP contribution in [0.1, 0.15) is 19.2 Å². The lowest BCUT2D eigenvalue weighted by Gasteiger charge is -2.06. The van der Waals surface area contributed by atoms with Gasteiger partial charge in [-0.05, 0) is 33.8 Å². The van der Waals surface area contributed by atoms with Gasteiger partial charge in [-0.25, -0.2) is 9.97 Å². The van der Waals surface area contributed by atoms with E-state index in [1.807, 2.05) is 19.2 Å². The van der Waals surface area contributed by atoms with Crippen molar-refractivity contribution in [2.24, 2.45) is 0 Å². The van der Waals surface area contributed by atoms with Gasteiger partial charge < -0.3 is 5.32 Å². The molecule has 0 aliphatic rings. The summed E-state index contributed by atoms with van der Waals surface area (Å²) in [5.41, 5.74) is 0.981. The molecule has 1 N–H and O–H groups in total. The van der Waals surface area contributed by atoms with Crippen molar-refractivity contribution in [3.8, 4) is 10.6 Å². The zero-order chi connectivity index (χ0) is 12.3. The first kappa shape index (κ1) is 12.5. The predicted octanol–water partition coefficient (Wildman–Crippen LogP) is 3.96. The summed E-state index contributed by atoms with van der Waals surface area (Å²) in [5, 5.41) is 5.14. The Morgan fingerprint density at radius 1 is 1.41 bits per heavy atom. The second-order valence-corrected chi connectivity index (χ2v) is 5.42. The van der Waals surface area contributed by atoms with Crippen LogP contribution >= 0.6 is 27.3 Å². The number of rotatable bonds is 4. The molecule has 2 heterocycles. The number of hydrogen-bond acceptors (Lipinski definition) is 4. The monoisotopic (exact) mass is 311 g/mol. The van der Waals surface area contributed by atoms with Gasteiger partial charge in [0.2, 0.25) is 0 Å². The highest BCUT2D eigenvalue weighted by Crippen LogP contribution is 2.33. The van der Waals surface area contributed by atoms with Crippen molar-refractivity contribution >= 4 is 33.1 Å². The van der Waals surface area contributed by atoms with Crippen LogP contribution in [0.5, 0.6) is 0 Å². The van der Waals surface area contributed by atoms with Crippen LogP contribution < -0.4 is 5.32 Å². The van der Waals surface area contributed by atoms with Crippen LogP contribution in [0.2, 0.25) is 0 Å². The van der Waals surface area contributed by atoms with Crippen LogP contribution in [-0.4, -0.2) is 17.0 Å². The van der Waals surface area contributed by atoms with Gasteiger partial charge >= 0.3 is 0 Å². The highest BCUT2D eigenvalue weighted by atomic mass is 79.9. The molecule has 0 aliphatic carbocycles. The lowest BCUT2D eigenvalue weighted by Crippen LogP contribution is -2.01. The SMILES string of the molecule is CCCc1nc(NC)cc(-c2sccc2Br)n1. The molecule has 0 spiro atoms. The summed E-state index contributed by atoms with van der Waals surface area (Å²) < 4.78 is 1.09. The molecule has 0 aliphatic heterocycles. The van der Waals surface area contributed by atoms with Crippen LogP contribution in [0, 0.1) is 0 Å². The summed E-state index contributed by atoms with van der Waals surface area (Å²) in [6.45, 7) is 2.14. The van der Waals surface area contributed by atoms with E-state index < -0.39 is 0 Å². The molecule has 0 fully saturated rings. The third-order valence-corrected chi connectivity index (χ3v) is 4.21. The fraction of sp³-hybridized carbons (Fsp3) is 0.333. The highest BCUT2D eigenvalue weighted by molar-refractivity contribution is 9.10. The predicted molar refractivity (Wildman–Crippen MR) is 76.6 cm³/mol. The molecule has 17 heavy (non-hydrogen) atoms. The van der Waals surface area contributed by atoms with E-state index in [9.17, 15) is 0 Å². The standard InChI is InChI=1S/C12H14BrN3S/c1-3-4-10-15-9(7-11(14-2)16-10)12-8(13)5-6-17-12/h5-7H,3-4H2,1-2H3,(H,14,15,16). The molecule has 0 atom stereocenters. The first-order chi connectivity index (χ1) is 8.24. The molecule has 0 bridgehead atoms. The van der Waals surface area contributed by atoms with Crippen LogP contribution in [0.25, 0.3) is 10.6 Å². The van der Waals surface area contributed by atoms with E-state index in [1.54, 1.807) is 11.3 Å². The molecule has 0 unspecified atom stereocenters. The largest absolute Gasteiger partial charge is 0.373 e. The van der Waals surface area contributed by atoms with Gasteiger partial charge in [-0.1, -0.05) is 6.92 Å². The number of thiophene rings is 1. The number of aromatic nitrogens is 2. The molecule has 90 valence electrons.